The molecule has 1 aromatic heterocycles. The first-order chi connectivity index (χ1) is 9.55. The lowest BCUT2D eigenvalue weighted by Crippen LogP contribution is -2.37. The van der Waals surface area contributed by atoms with Gasteiger partial charge in [-0.25, -0.2) is 0 Å². The molecular weight excluding hydrogens is 274 g/mol. The van der Waals surface area contributed by atoms with Crippen molar-refractivity contribution >= 4 is 17.2 Å². The Kier molecular flexibility index (Phi) is 3.84. The number of nitrogens with one attached hydrogen (secondary N) is 1. The number of thiophene rings is 1. The van der Waals surface area contributed by atoms with E-state index in [2.05, 4.69) is 16.8 Å². The zero-order valence-corrected chi connectivity index (χ0v) is 12.8. The molecule has 5 heteroatoms. The molecule has 0 aromatic carbocycles. The summed E-state index contributed by atoms with van der Waals surface area (Å²) < 4.78 is 11.2. The van der Waals surface area contributed by atoms with E-state index in [1.807, 2.05) is 13.8 Å². The van der Waals surface area contributed by atoms with E-state index in [1.165, 1.54) is 10.4 Å². The van der Waals surface area contributed by atoms with Gasteiger partial charge in [-0.3, -0.25) is 4.79 Å². The van der Waals surface area contributed by atoms with Crippen LogP contribution in [0, 0.1) is 0 Å². The predicted octanol–water partition coefficient (Wildman–Crippen LogP) is 2.44. The monoisotopic (exact) mass is 295 g/mol. The van der Waals surface area contributed by atoms with E-state index >= 15 is 0 Å². The van der Waals surface area contributed by atoms with Gasteiger partial charge < -0.3 is 14.8 Å². The smallest absolute Gasteiger partial charge is 0.227 e. The third-order valence-electron chi connectivity index (χ3n) is 3.94. The van der Waals surface area contributed by atoms with E-state index in [-0.39, 0.29) is 17.9 Å². The first-order valence-electron chi connectivity index (χ1n) is 7.21. The molecule has 20 heavy (non-hydrogen) atoms. The fraction of sp³-hybridized carbons (Fsp3) is 0.667. The number of carbonyl (C=O) groups excluding carboxylic acids is 1. The Labute approximate surface area is 123 Å². The fourth-order valence-corrected chi connectivity index (χ4v) is 3.95. The summed E-state index contributed by atoms with van der Waals surface area (Å²) in [5.74, 6) is -0.390. The molecule has 3 rings (SSSR count). The van der Waals surface area contributed by atoms with Crippen molar-refractivity contribution in [1.82, 2.24) is 5.32 Å². The van der Waals surface area contributed by atoms with E-state index in [9.17, 15) is 4.79 Å². The minimum absolute atomic E-state index is 0.0142. The van der Waals surface area contributed by atoms with Crippen LogP contribution in [0.1, 0.15) is 43.0 Å². The first-order valence-corrected chi connectivity index (χ1v) is 8.09. The van der Waals surface area contributed by atoms with Gasteiger partial charge in [0, 0.05) is 11.4 Å². The zero-order chi connectivity index (χ0) is 14.2. The Hall–Kier alpha value is -0.910. The summed E-state index contributed by atoms with van der Waals surface area (Å²) >= 11 is 1.76. The summed E-state index contributed by atoms with van der Waals surface area (Å²) in [5, 5.41) is 5.11. The van der Waals surface area contributed by atoms with E-state index < -0.39 is 5.79 Å². The number of amides is 1. The molecule has 0 spiro atoms. The van der Waals surface area contributed by atoms with Crippen molar-refractivity contribution in [3.05, 3.63) is 21.9 Å². The molecule has 1 saturated heterocycles. The van der Waals surface area contributed by atoms with Crippen LogP contribution in [0.15, 0.2) is 11.4 Å². The van der Waals surface area contributed by atoms with Crippen molar-refractivity contribution in [2.75, 3.05) is 13.2 Å². The van der Waals surface area contributed by atoms with E-state index in [0.29, 0.717) is 13.2 Å². The summed E-state index contributed by atoms with van der Waals surface area (Å²) in [6, 6.07) is 2.10. The van der Waals surface area contributed by atoms with Gasteiger partial charge in [0.05, 0.1) is 12.5 Å². The lowest BCUT2D eigenvalue weighted by molar-refractivity contribution is -0.139. The normalized spacial score (nSPS) is 28.1. The highest BCUT2D eigenvalue weighted by atomic mass is 32.1. The van der Waals surface area contributed by atoms with Gasteiger partial charge in [0.1, 0.15) is 6.10 Å². The largest absolute Gasteiger partial charge is 0.353 e. The molecule has 1 N–H and O–H groups in total. The maximum Gasteiger partial charge on any atom is 0.227 e. The van der Waals surface area contributed by atoms with Crippen LogP contribution >= 0.6 is 11.3 Å². The van der Waals surface area contributed by atoms with Crippen molar-refractivity contribution in [2.24, 2.45) is 0 Å². The molecule has 1 aromatic rings. The van der Waals surface area contributed by atoms with Crippen LogP contribution in [0.25, 0.3) is 0 Å². The SMILES string of the molecule is CC1(C)OCC(CNC(=O)C2CCCc3sccc32)O1. The van der Waals surface area contributed by atoms with Crippen molar-refractivity contribution in [3.8, 4) is 0 Å². The third kappa shape index (κ3) is 2.90. The van der Waals surface area contributed by atoms with Gasteiger partial charge in [0.15, 0.2) is 5.79 Å². The number of fused-ring (bicyclic) bond motifs is 1. The van der Waals surface area contributed by atoms with E-state index in [4.69, 9.17) is 9.47 Å². The molecule has 2 unspecified atom stereocenters. The Morgan fingerprint density at radius 1 is 1.55 bits per heavy atom. The second kappa shape index (κ2) is 5.47. The average Bonchev–Trinajstić information content (AvgIpc) is 3.01. The van der Waals surface area contributed by atoms with Gasteiger partial charge in [-0.1, -0.05) is 0 Å². The molecule has 110 valence electrons. The molecule has 2 aliphatic rings. The van der Waals surface area contributed by atoms with Crippen molar-refractivity contribution in [1.29, 1.82) is 0 Å². The van der Waals surface area contributed by atoms with Crippen LogP contribution in [0.3, 0.4) is 0 Å². The van der Waals surface area contributed by atoms with Crippen LogP contribution in [0.5, 0.6) is 0 Å². The highest BCUT2D eigenvalue weighted by Crippen LogP contribution is 2.35. The highest BCUT2D eigenvalue weighted by molar-refractivity contribution is 7.10. The first kappa shape index (κ1) is 14.0. The number of carbonyl (C=O) groups is 1. The maximum absolute atomic E-state index is 12.4. The maximum atomic E-state index is 12.4. The standard InChI is InChI=1S/C15H21NO3S/c1-15(2)18-9-10(19-15)8-16-14(17)12-4-3-5-13-11(12)6-7-20-13/h6-7,10,12H,3-5,8-9H2,1-2H3,(H,16,17). The van der Waals surface area contributed by atoms with E-state index in [1.54, 1.807) is 11.3 Å². The van der Waals surface area contributed by atoms with Gasteiger partial charge in [0.25, 0.3) is 0 Å². The van der Waals surface area contributed by atoms with Crippen LogP contribution < -0.4 is 5.32 Å². The minimum Gasteiger partial charge on any atom is -0.353 e. The highest BCUT2D eigenvalue weighted by Gasteiger charge is 2.33. The molecular formula is C15H21NO3S. The van der Waals surface area contributed by atoms with Crippen molar-refractivity contribution < 1.29 is 14.3 Å². The molecule has 0 radical (unpaired) electrons. The fourth-order valence-electron chi connectivity index (χ4n) is 2.96. The zero-order valence-electron chi connectivity index (χ0n) is 12.0. The molecule has 0 saturated carbocycles. The molecule has 1 aliphatic carbocycles. The Balaban J connectivity index is 1.56. The van der Waals surface area contributed by atoms with Crippen LogP contribution in [0.4, 0.5) is 0 Å². The topological polar surface area (TPSA) is 47.6 Å². The average molecular weight is 295 g/mol. The Morgan fingerprint density at radius 3 is 3.15 bits per heavy atom. The summed E-state index contributed by atoms with van der Waals surface area (Å²) in [4.78, 5) is 13.7. The van der Waals surface area contributed by atoms with Crippen LogP contribution in [-0.2, 0) is 20.7 Å². The van der Waals surface area contributed by atoms with E-state index in [0.717, 1.165) is 19.3 Å². The summed E-state index contributed by atoms with van der Waals surface area (Å²) in [5.41, 5.74) is 1.22. The van der Waals surface area contributed by atoms with Crippen molar-refractivity contribution in [3.63, 3.8) is 0 Å². The lowest BCUT2D eigenvalue weighted by atomic mass is 9.87. The van der Waals surface area contributed by atoms with Gasteiger partial charge in [-0.05, 0) is 50.1 Å². The predicted molar refractivity (Wildman–Crippen MR) is 77.9 cm³/mol. The second-order valence-electron chi connectivity index (χ2n) is 5.94. The number of hydrogen-bond donors (Lipinski definition) is 1. The van der Waals surface area contributed by atoms with Gasteiger partial charge in [-0.2, -0.15) is 0 Å². The number of rotatable bonds is 3. The number of aryl methyl sites for hydroxylation is 1. The van der Waals surface area contributed by atoms with Gasteiger partial charge in [-0.15, -0.1) is 11.3 Å². The van der Waals surface area contributed by atoms with Gasteiger partial charge in [0.2, 0.25) is 5.91 Å². The Bertz CT molecular complexity index is 497. The molecule has 2 heterocycles. The molecule has 0 bridgehead atoms. The molecule has 1 fully saturated rings. The molecule has 2 atom stereocenters. The quantitative estimate of drug-likeness (QED) is 0.931. The Morgan fingerprint density at radius 2 is 2.40 bits per heavy atom. The summed E-state index contributed by atoms with van der Waals surface area (Å²) in [7, 11) is 0. The summed E-state index contributed by atoms with van der Waals surface area (Å²) in [6.07, 6.45) is 3.12. The van der Waals surface area contributed by atoms with Crippen LogP contribution in [-0.4, -0.2) is 30.9 Å². The van der Waals surface area contributed by atoms with Gasteiger partial charge >= 0.3 is 0 Å². The summed E-state index contributed by atoms with van der Waals surface area (Å²) in [6.45, 7) is 4.86. The molecule has 1 aliphatic heterocycles. The minimum atomic E-state index is -0.527. The third-order valence-corrected chi connectivity index (χ3v) is 4.94. The lowest BCUT2D eigenvalue weighted by Gasteiger charge is -2.23. The van der Waals surface area contributed by atoms with Crippen LogP contribution in [0.2, 0.25) is 0 Å². The molecule has 1 amide bonds. The number of ether oxygens (including phenoxy) is 2. The number of hydrogen-bond acceptors (Lipinski definition) is 4. The van der Waals surface area contributed by atoms with Crippen molar-refractivity contribution in [2.45, 2.75) is 50.9 Å². The molecule has 4 nitrogen and oxygen atoms in total. The second-order valence-corrected chi connectivity index (χ2v) is 6.94.